The van der Waals surface area contributed by atoms with E-state index in [1.807, 2.05) is 57.4 Å². The molecule has 0 spiro atoms. The highest BCUT2D eigenvalue weighted by Crippen LogP contribution is 2.25. The molecule has 0 radical (unpaired) electrons. The molecule has 6 heteroatoms. The fourth-order valence-corrected chi connectivity index (χ4v) is 3.21. The van der Waals surface area contributed by atoms with Gasteiger partial charge in [0, 0.05) is 23.2 Å². The maximum atomic E-state index is 12.8. The topological polar surface area (TPSA) is 67.8 Å². The smallest absolute Gasteiger partial charge is 0.260 e. The number of amides is 1. The number of carbonyl (C=O) groups is 1. The second-order valence-corrected chi connectivity index (χ2v) is 6.87. The Morgan fingerprint density at radius 1 is 1.20 bits per heavy atom. The number of thioether (sulfide) groups is 1. The van der Waals surface area contributed by atoms with E-state index < -0.39 is 0 Å². The zero-order chi connectivity index (χ0) is 18.0. The summed E-state index contributed by atoms with van der Waals surface area (Å²) in [5, 5.41) is 4.64. The number of aryl methyl sites for hydroxylation is 1. The van der Waals surface area contributed by atoms with Crippen molar-refractivity contribution in [3.05, 3.63) is 53.6 Å². The van der Waals surface area contributed by atoms with Crippen LogP contribution in [-0.2, 0) is 0 Å². The molecule has 2 aromatic heterocycles. The van der Waals surface area contributed by atoms with E-state index in [9.17, 15) is 4.79 Å². The number of pyridine rings is 1. The van der Waals surface area contributed by atoms with E-state index >= 15 is 0 Å². The van der Waals surface area contributed by atoms with Crippen LogP contribution in [0.15, 0.2) is 41.6 Å². The molecule has 0 unspecified atom stereocenters. The molecule has 0 saturated heterocycles. The van der Waals surface area contributed by atoms with Crippen LogP contribution in [-0.4, -0.2) is 27.1 Å². The van der Waals surface area contributed by atoms with Crippen LogP contribution in [0.4, 0.5) is 5.69 Å². The van der Waals surface area contributed by atoms with Crippen molar-refractivity contribution in [3.8, 4) is 0 Å². The highest BCUT2D eigenvalue weighted by atomic mass is 32.2. The lowest BCUT2D eigenvalue weighted by atomic mass is 10.1. The second-order valence-electron chi connectivity index (χ2n) is 6.07. The molecule has 0 bridgehead atoms. The molecule has 0 fully saturated rings. The Hall–Kier alpha value is -2.47. The lowest BCUT2D eigenvalue weighted by Gasteiger charge is -2.13. The number of fused-ring (bicyclic) bond motifs is 1. The number of anilines is 1. The van der Waals surface area contributed by atoms with E-state index in [4.69, 9.17) is 0 Å². The van der Waals surface area contributed by atoms with Crippen LogP contribution in [0.1, 0.15) is 41.6 Å². The van der Waals surface area contributed by atoms with Gasteiger partial charge >= 0.3 is 0 Å². The fourth-order valence-electron chi connectivity index (χ4n) is 2.58. The van der Waals surface area contributed by atoms with Crippen molar-refractivity contribution in [3.63, 3.8) is 0 Å². The predicted octanol–water partition coefficient (Wildman–Crippen LogP) is 4.43. The monoisotopic (exact) mass is 352 g/mol. The zero-order valence-electron chi connectivity index (χ0n) is 14.7. The minimum Gasteiger partial charge on any atom is -0.322 e. The van der Waals surface area contributed by atoms with Gasteiger partial charge in [0.2, 0.25) is 0 Å². The van der Waals surface area contributed by atoms with E-state index in [-0.39, 0.29) is 11.8 Å². The van der Waals surface area contributed by atoms with Gasteiger partial charge in [-0.3, -0.25) is 9.78 Å². The summed E-state index contributed by atoms with van der Waals surface area (Å²) in [6, 6.07) is 9.51. The second kappa shape index (κ2) is 7.19. The van der Waals surface area contributed by atoms with E-state index in [0.29, 0.717) is 16.3 Å². The lowest BCUT2D eigenvalue weighted by molar-refractivity contribution is 0.102. The molecule has 0 aliphatic heterocycles. The molecule has 25 heavy (non-hydrogen) atoms. The number of nitrogens with one attached hydrogen (secondary N) is 1. The maximum Gasteiger partial charge on any atom is 0.260 e. The summed E-state index contributed by atoms with van der Waals surface area (Å²) in [7, 11) is 0. The minimum atomic E-state index is -0.194. The van der Waals surface area contributed by atoms with Crippen LogP contribution in [0.2, 0.25) is 0 Å². The molecule has 0 aliphatic rings. The number of rotatable bonds is 4. The van der Waals surface area contributed by atoms with Gasteiger partial charge in [-0.15, -0.1) is 11.8 Å². The molecular weight excluding hydrogens is 332 g/mol. The number of aromatic nitrogens is 3. The SMILES string of the molecule is CSc1nc(C(C)C)nc(C)c1C(=O)Nc1ccc2ncccc2c1. The molecule has 1 amide bonds. The molecule has 0 atom stereocenters. The highest BCUT2D eigenvalue weighted by Gasteiger charge is 2.19. The summed E-state index contributed by atoms with van der Waals surface area (Å²) < 4.78 is 0. The molecule has 5 nitrogen and oxygen atoms in total. The van der Waals surface area contributed by atoms with Crippen LogP contribution in [0.25, 0.3) is 10.9 Å². The first-order chi connectivity index (χ1) is 12.0. The Kier molecular flexibility index (Phi) is 4.99. The first-order valence-corrected chi connectivity index (χ1v) is 9.30. The molecule has 2 heterocycles. The Bertz CT molecular complexity index is 940. The maximum absolute atomic E-state index is 12.8. The Balaban J connectivity index is 1.94. The van der Waals surface area contributed by atoms with E-state index in [1.165, 1.54) is 11.8 Å². The molecule has 1 aromatic carbocycles. The summed E-state index contributed by atoms with van der Waals surface area (Å²) in [6.45, 7) is 5.94. The summed E-state index contributed by atoms with van der Waals surface area (Å²) in [5.41, 5.74) is 2.85. The summed E-state index contributed by atoms with van der Waals surface area (Å²) in [5.74, 6) is 0.783. The predicted molar refractivity (Wildman–Crippen MR) is 102 cm³/mol. The Morgan fingerprint density at radius 3 is 2.72 bits per heavy atom. The van der Waals surface area contributed by atoms with Gasteiger partial charge in [-0.05, 0) is 37.4 Å². The summed E-state index contributed by atoms with van der Waals surface area (Å²) in [6.07, 6.45) is 3.67. The minimum absolute atomic E-state index is 0.194. The first kappa shape index (κ1) is 17.4. The number of hydrogen-bond donors (Lipinski definition) is 1. The van der Waals surface area contributed by atoms with Crippen molar-refractivity contribution in [2.24, 2.45) is 0 Å². The third-order valence-corrected chi connectivity index (χ3v) is 4.55. The lowest BCUT2D eigenvalue weighted by Crippen LogP contribution is -2.17. The van der Waals surface area contributed by atoms with Crippen molar-refractivity contribution in [2.75, 3.05) is 11.6 Å². The van der Waals surface area contributed by atoms with Crippen molar-refractivity contribution in [1.29, 1.82) is 0 Å². The zero-order valence-corrected chi connectivity index (χ0v) is 15.5. The van der Waals surface area contributed by atoms with Gasteiger partial charge in [0.25, 0.3) is 5.91 Å². The standard InChI is InChI=1S/C19H20N4OS/c1-11(2)17-21-12(3)16(19(23-17)25-4)18(24)22-14-7-8-15-13(10-14)6-5-9-20-15/h5-11H,1-4H3,(H,22,24). The number of carbonyl (C=O) groups excluding carboxylic acids is 1. The van der Waals surface area contributed by atoms with Crippen molar-refractivity contribution < 1.29 is 4.79 Å². The van der Waals surface area contributed by atoms with Crippen molar-refractivity contribution in [1.82, 2.24) is 15.0 Å². The van der Waals surface area contributed by atoms with Gasteiger partial charge in [-0.25, -0.2) is 9.97 Å². The molecule has 128 valence electrons. The normalized spacial score (nSPS) is 11.1. The first-order valence-electron chi connectivity index (χ1n) is 8.08. The van der Waals surface area contributed by atoms with Crippen molar-refractivity contribution in [2.45, 2.75) is 31.7 Å². The van der Waals surface area contributed by atoms with Gasteiger partial charge in [0.05, 0.1) is 16.8 Å². The molecule has 1 N–H and O–H groups in total. The van der Waals surface area contributed by atoms with Gasteiger partial charge in [0.1, 0.15) is 10.9 Å². The van der Waals surface area contributed by atoms with E-state index in [1.54, 1.807) is 6.20 Å². The van der Waals surface area contributed by atoms with E-state index in [2.05, 4.69) is 20.3 Å². The van der Waals surface area contributed by atoms with Gasteiger partial charge in [0.15, 0.2) is 0 Å². The van der Waals surface area contributed by atoms with Gasteiger partial charge in [-0.1, -0.05) is 19.9 Å². The summed E-state index contributed by atoms with van der Waals surface area (Å²) >= 11 is 1.46. The number of nitrogens with zero attached hydrogens (tertiary/aromatic N) is 3. The number of hydrogen-bond acceptors (Lipinski definition) is 5. The highest BCUT2D eigenvalue weighted by molar-refractivity contribution is 7.98. The van der Waals surface area contributed by atoms with Crippen LogP contribution in [0.3, 0.4) is 0 Å². The van der Waals surface area contributed by atoms with Crippen molar-refractivity contribution >= 4 is 34.3 Å². The molecular formula is C19H20N4OS. The van der Waals surface area contributed by atoms with Crippen LogP contribution in [0, 0.1) is 6.92 Å². The van der Waals surface area contributed by atoms with Gasteiger partial charge < -0.3 is 5.32 Å². The van der Waals surface area contributed by atoms with Crippen LogP contribution in [0.5, 0.6) is 0 Å². The largest absolute Gasteiger partial charge is 0.322 e. The molecule has 0 saturated carbocycles. The third kappa shape index (κ3) is 3.64. The number of benzene rings is 1. The van der Waals surface area contributed by atoms with Crippen LogP contribution >= 0.6 is 11.8 Å². The third-order valence-electron chi connectivity index (χ3n) is 3.87. The molecule has 0 aliphatic carbocycles. The fraction of sp³-hybridized carbons (Fsp3) is 0.263. The van der Waals surface area contributed by atoms with Gasteiger partial charge in [-0.2, -0.15) is 0 Å². The Labute approximate surface area is 151 Å². The van der Waals surface area contributed by atoms with E-state index in [0.717, 1.165) is 22.4 Å². The average molecular weight is 352 g/mol. The quantitative estimate of drug-likeness (QED) is 0.556. The summed E-state index contributed by atoms with van der Waals surface area (Å²) in [4.78, 5) is 26.1. The van der Waals surface area contributed by atoms with Crippen LogP contribution < -0.4 is 5.32 Å². The molecule has 3 aromatic rings. The average Bonchev–Trinajstić information content (AvgIpc) is 2.60. The molecule has 3 rings (SSSR count). The Morgan fingerprint density at radius 2 is 2.00 bits per heavy atom.